The van der Waals surface area contributed by atoms with Crippen molar-refractivity contribution < 1.29 is 26.8 Å². The summed E-state index contributed by atoms with van der Waals surface area (Å²) in [5.74, 6) is 0. The fraction of sp³-hybridized carbons (Fsp3) is 0.333. The van der Waals surface area contributed by atoms with Crippen LogP contribution in [0.4, 0.5) is 13.2 Å². The quantitative estimate of drug-likeness (QED) is 0.0907. The number of oxazole rings is 1. The smallest absolute Gasteiger partial charge is 0.406 e. The fourth-order valence-corrected chi connectivity index (χ4v) is 12.6. The minimum atomic E-state index is -4.49. The first-order valence-corrected chi connectivity index (χ1v) is 20.6. The number of fused-ring (bicyclic) bond motifs is 1. The van der Waals surface area contributed by atoms with Crippen LogP contribution in [0.1, 0.15) is 58.9 Å². The molecule has 6 rings (SSSR count). The lowest BCUT2D eigenvalue weighted by Gasteiger charge is -2.44. The van der Waals surface area contributed by atoms with Gasteiger partial charge in [-0.15, -0.1) is 0 Å². The molecule has 1 unspecified atom stereocenters. The maximum atomic E-state index is 14.6. The van der Waals surface area contributed by atoms with Crippen LogP contribution in [0, 0.1) is 9.31 Å². The van der Waals surface area contributed by atoms with Crippen molar-refractivity contribution in [1.29, 1.82) is 0 Å². The van der Waals surface area contributed by atoms with Crippen LogP contribution in [-0.4, -0.2) is 42.7 Å². The van der Waals surface area contributed by atoms with Crippen molar-refractivity contribution in [3.63, 3.8) is 0 Å². The Morgan fingerprint density at radius 3 is 2.08 bits per heavy atom. The zero-order chi connectivity index (χ0) is 38.2. The predicted molar refractivity (Wildman–Crippen MR) is 216 cm³/mol. The lowest BCUT2D eigenvalue weighted by Crippen LogP contribution is -2.67. The number of methoxy groups -OCH3 is 1. The Balaban J connectivity index is 1.56. The molecule has 3 aromatic heterocycles. The minimum absolute atomic E-state index is 0.245. The molecule has 0 radical (unpaired) electrons. The molecule has 278 valence electrons. The molecule has 11 heteroatoms. The molecule has 0 aliphatic carbocycles. The highest BCUT2D eigenvalue weighted by molar-refractivity contribution is 14.1. The van der Waals surface area contributed by atoms with E-state index < -0.39 is 32.6 Å². The van der Waals surface area contributed by atoms with Crippen LogP contribution in [0.15, 0.2) is 108 Å². The summed E-state index contributed by atoms with van der Waals surface area (Å²) in [6.45, 7) is 12.0. The van der Waals surface area contributed by atoms with Gasteiger partial charge < -0.3 is 18.1 Å². The second-order valence-corrected chi connectivity index (χ2v) is 20.6. The normalized spacial score (nSPS) is 13.5. The van der Waals surface area contributed by atoms with Crippen molar-refractivity contribution in [2.75, 3.05) is 13.7 Å². The van der Waals surface area contributed by atoms with Crippen LogP contribution in [0.25, 0.3) is 33.4 Å². The van der Waals surface area contributed by atoms with Crippen molar-refractivity contribution in [3.8, 4) is 22.5 Å². The van der Waals surface area contributed by atoms with Gasteiger partial charge in [-0.2, -0.15) is 13.2 Å². The number of nitrogens with zero attached hydrogens (tertiary/aromatic N) is 3. The van der Waals surface area contributed by atoms with E-state index in [4.69, 9.17) is 13.6 Å². The van der Waals surface area contributed by atoms with Crippen LogP contribution < -0.4 is 10.4 Å². The maximum Gasteiger partial charge on any atom is 0.406 e. The molecule has 0 aliphatic rings. The lowest BCUT2D eigenvalue weighted by molar-refractivity contribution is -0.139. The average molecular weight is 852 g/mol. The van der Waals surface area contributed by atoms with E-state index in [2.05, 4.69) is 93.1 Å². The monoisotopic (exact) mass is 851 g/mol. The highest BCUT2D eigenvalue weighted by Gasteiger charge is 2.51. The molecule has 0 saturated heterocycles. The molecule has 0 bridgehead atoms. The number of hydrogen-bond acceptors (Lipinski definition) is 5. The molecule has 0 fully saturated rings. The Morgan fingerprint density at radius 2 is 1.53 bits per heavy atom. The molecular weight excluding hydrogens is 806 g/mol. The first-order chi connectivity index (χ1) is 25.0. The SMILES string of the molecule is COC(C)c1ncccc1-c1c(CC(C)(C)CO[Si](c2ccccc2)(c2ccccc2)C(C)(C)C)c2cc(-c3coc(I)n3)ccc2n1CC(F)(F)F. The molecule has 0 N–H and O–H groups in total. The van der Waals surface area contributed by atoms with E-state index in [-0.39, 0.29) is 5.04 Å². The van der Waals surface area contributed by atoms with E-state index in [1.807, 2.05) is 53.8 Å². The van der Waals surface area contributed by atoms with Gasteiger partial charge in [0.25, 0.3) is 12.2 Å². The van der Waals surface area contributed by atoms with Crippen LogP contribution in [0.3, 0.4) is 0 Å². The first kappa shape index (κ1) is 38.9. The predicted octanol–water partition coefficient (Wildman–Crippen LogP) is 10.4. The molecule has 3 heterocycles. The Bertz CT molecular complexity index is 2140. The fourth-order valence-electron chi connectivity index (χ4n) is 7.45. The first-order valence-electron chi connectivity index (χ1n) is 17.6. The zero-order valence-electron chi connectivity index (χ0n) is 31.1. The number of alkyl halides is 3. The van der Waals surface area contributed by atoms with Crippen molar-refractivity contribution >= 4 is 52.2 Å². The zero-order valence-corrected chi connectivity index (χ0v) is 34.2. The second-order valence-electron chi connectivity index (χ2n) is 15.4. The van der Waals surface area contributed by atoms with Gasteiger partial charge in [0, 0.05) is 64.5 Å². The number of rotatable bonds is 12. The summed E-state index contributed by atoms with van der Waals surface area (Å²) in [6.07, 6.45) is -1.32. The molecule has 0 saturated carbocycles. The van der Waals surface area contributed by atoms with E-state index in [1.54, 1.807) is 37.8 Å². The number of benzene rings is 3. The molecule has 3 aromatic carbocycles. The van der Waals surface area contributed by atoms with Crippen molar-refractivity contribution in [2.24, 2.45) is 5.41 Å². The van der Waals surface area contributed by atoms with Crippen LogP contribution >= 0.6 is 22.6 Å². The van der Waals surface area contributed by atoms with Crippen molar-refractivity contribution in [1.82, 2.24) is 14.5 Å². The molecule has 1 atom stereocenters. The molecule has 53 heavy (non-hydrogen) atoms. The summed E-state index contributed by atoms with van der Waals surface area (Å²) >= 11 is 2.01. The van der Waals surface area contributed by atoms with Gasteiger partial charge in [-0.25, -0.2) is 4.98 Å². The topological polar surface area (TPSA) is 62.3 Å². The second kappa shape index (κ2) is 15.2. The van der Waals surface area contributed by atoms with E-state index in [0.29, 0.717) is 50.5 Å². The van der Waals surface area contributed by atoms with Gasteiger partial charge in [0.15, 0.2) is 0 Å². The Hall–Kier alpha value is -3.78. The van der Waals surface area contributed by atoms with Gasteiger partial charge in [-0.3, -0.25) is 4.98 Å². The van der Waals surface area contributed by atoms with Crippen LogP contribution in [0.5, 0.6) is 0 Å². The average Bonchev–Trinajstić information content (AvgIpc) is 3.68. The highest BCUT2D eigenvalue weighted by atomic mass is 127. The number of hydrogen-bond donors (Lipinski definition) is 0. The van der Waals surface area contributed by atoms with Crippen molar-refractivity contribution in [2.45, 2.75) is 71.8 Å². The summed E-state index contributed by atoms with van der Waals surface area (Å²) in [5.41, 5.74) is 3.70. The summed E-state index contributed by atoms with van der Waals surface area (Å²) in [4.78, 5) is 9.16. The Labute approximate surface area is 324 Å². The standard InChI is InChI=1S/C42H45F3IN3O3Si/c1-28(50-7)37-32(19-14-22-47-37)38-34(33-23-29(35-25-51-39(46)48-35)20-21-36(33)49(38)26-42(43,44)45)24-41(5,6)27-52-53(40(2,3)4,30-15-10-8-11-16-30)31-17-12-9-13-18-31/h8-23,25,28H,24,26-27H2,1-7H3. The maximum absolute atomic E-state index is 14.6. The summed E-state index contributed by atoms with van der Waals surface area (Å²) < 4.78 is 64.2. The summed E-state index contributed by atoms with van der Waals surface area (Å²) in [6, 6.07) is 30.0. The van der Waals surface area contributed by atoms with E-state index in [1.165, 1.54) is 4.57 Å². The largest absolute Gasteiger partial charge is 0.440 e. The molecule has 0 spiro atoms. The third-order valence-electron chi connectivity index (χ3n) is 9.86. The third kappa shape index (κ3) is 8.03. The number of halogens is 4. The number of ether oxygens (including phenoxy) is 1. The van der Waals surface area contributed by atoms with Gasteiger partial charge in [-0.1, -0.05) is 101 Å². The van der Waals surface area contributed by atoms with Gasteiger partial charge in [0.2, 0.25) is 0 Å². The van der Waals surface area contributed by atoms with Gasteiger partial charge >= 0.3 is 6.18 Å². The van der Waals surface area contributed by atoms with Crippen LogP contribution in [-0.2, 0) is 22.1 Å². The number of aromatic nitrogens is 3. The molecule has 6 aromatic rings. The Kier molecular flexibility index (Phi) is 11.1. The van der Waals surface area contributed by atoms with E-state index in [0.717, 1.165) is 21.5 Å². The molecular formula is C42H45F3IN3O3Si. The van der Waals surface area contributed by atoms with Gasteiger partial charge in [-0.05, 0) is 64.0 Å². The van der Waals surface area contributed by atoms with Gasteiger partial charge in [0.1, 0.15) is 18.5 Å². The van der Waals surface area contributed by atoms with E-state index >= 15 is 0 Å². The lowest BCUT2D eigenvalue weighted by atomic mass is 9.84. The molecule has 0 aliphatic heterocycles. The summed E-state index contributed by atoms with van der Waals surface area (Å²) in [7, 11) is -1.34. The minimum Gasteiger partial charge on any atom is -0.440 e. The third-order valence-corrected chi connectivity index (χ3v) is 15.3. The van der Waals surface area contributed by atoms with Gasteiger partial charge in [0.05, 0.1) is 17.5 Å². The summed E-state index contributed by atoms with van der Waals surface area (Å²) in [5, 5.41) is 2.79. The van der Waals surface area contributed by atoms with Crippen molar-refractivity contribution in [3.05, 3.63) is 119 Å². The highest BCUT2D eigenvalue weighted by Crippen LogP contribution is 2.44. The van der Waals surface area contributed by atoms with Crippen LogP contribution in [0.2, 0.25) is 5.04 Å². The molecule has 0 amide bonds. The Morgan fingerprint density at radius 1 is 0.887 bits per heavy atom. The molecule has 6 nitrogen and oxygen atoms in total. The number of pyridine rings is 1. The van der Waals surface area contributed by atoms with E-state index in [9.17, 15) is 13.2 Å².